The summed E-state index contributed by atoms with van der Waals surface area (Å²) in [6.07, 6.45) is 0.878. The van der Waals surface area contributed by atoms with E-state index in [1.165, 1.54) is 0 Å². The van der Waals surface area contributed by atoms with Gasteiger partial charge in [-0.3, -0.25) is 4.79 Å². The highest BCUT2D eigenvalue weighted by Gasteiger charge is 2.17. The van der Waals surface area contributed by atoms with Crippen LogP contribution in [0.2, 0.25) is 0 Å². The molecule has 0 radical (unpaired) electrons. The molecule has 1 unspecified atom stereocenters. The number of hydrogen-bond donors (Lipinski definition) is 3. The number of rotatable bonds is 8. The summed E-state index contributed by atoms with van der Waals surface area (Å²) in [6, 6.07) is 17.3. The van der Waals surface area contributed by atoms with Crippen LogP contribution in [0.1, 0.15) is 61.6 Å². The Morgan fingerprint density at radius 2 is 1.50 bits per heavy atom. The van der Waals surface area contributed by atoms with E-state index in [2.05, 4.69) is 29.8 Å². The Kier molecular flexibility index (Phi) is 8.05. The third-order valence-electron chi connectivity index (χ3n) is 4.30. The van der Waals surface area contributed by atoms with E-state index in [1.54, 1.807) is 12.1 Å². The maximum Gasteiger partial charge on any atom is 0.315 e. The average Bonchev–Trinajstić information content (AvgIpc) is 2.66. The first-order valence-electron chi connectivity index (χ1n) is 9.84. The van der Waals surface area contributed by atoms with Crippen LogP contribution < -0.4 is 16.0 Å². The van der Waals surface area contributed by atoms with Crippen LogP contribution in [0.25, 0.3) is 0 Å². The minimum absolute atomic E-state index is 0.0187. The molecule has 0 heterocycles. The number of benzene rings is 2. The lowest BCUT2D eigenvalue weighted by Crippen LogP contribution is -2.39. The highest BCUT2D eigenvalue weighted by molar-refractivity contribution is 5.94. The van der Waals surface area contributed by atoms with Crippen molar-refractivity contribution in [2.24, 2.45) is 5.92 Å². The van der Waals surface area contributed by atoms with Gasteiger partial charge in [0.05, 0.1) is 6.04 Å². The standard InChI is InChI=1S/C23H31N3O2/c1-16(2)14-21(19-8-6-5-7-9-19)26-22(27)20-12-10-18(11-13-20)15-24-23(28)25-17(3)4/h5-13,16-17,21H,14-15H2,1-4H3,(H,26,27)(H2,24,25,28). The van der Waals surface area contributed by atoms with Gasteiger partial charge in [-0.15, -0.1) is 0 Å². The van der Waals surface area contributed by atoms with Gasteiger partial charge in [0.2, 0.25) is 0 Å². The predicted octanol–water partition coefficient (Wildman–Crippen LogP) is 4.41. The summed E-state index contributed by atoms with van der Waals surface area (Å²) in [6.45, 7) is 8.54. The largest absolute Gasteiger partial charge is 0.345 e. The van der Waals surface area contributed by atoms with Gasteiger partial charge >= 0.3 is 6.03 Å². The first-order valence-corrected chi connectivity index (χ1v) is 9.84. The average molecular weight is 382 g/mol. The van der Waals surface area contributed by atoms with Gasteiger partial charge in [-0.2, -0.15) is 0 Å². The van der Waals surface area contributed by atoms with Gasteiger partial charge in [0, 0.05) is 18.2 Å². The van der Waals surface area contributed by atoms with Crippen molar-refractivity contribution in [2.45, 2.75) is 52.7 Å². The Bertz CT molecular complexity index is 755. The van der Waals surface area contributed by atoms with E-state index in [0.29, 0.717) is 18.0 Å². The fraction of sp³-hybridized carbons (Fsp3) is 0.391. The van der Waals surface area contributed by atoms with Gasteiger partial charge in [-0.1, -0.05) is 56.3 Å². The van der Waals surface area contributed by atoms with E-state index in [4.69, 9.17) is 0 Å². The number of urea groups is 1. The van der Waals surface area contributed by atoms with Crippen LogP contribution in [0.4, 0.5) is 4.79 Å². The van der Waals surface area contributed by atoms with Crippen LogP contribution in [-0.2, 0) is 6.54 Å². The van der Waals surface area contributed by atoms with Crippen LogP contribution in [-0.4, -0.2) is 18.0 Å². The minimum atomic E-state index is -0.198. The lowest BCUT2D eigenvalue weighted by molar-refractivity contribution is 0.0932. The molecule has 0 bridgehead atoms. The molecule has 0 aromatic heterocycles. The molecule has 0 saturated carbocycles. The third-order valence-corrected chi connectivity index (χ3v) is 4.30. The minimum Gasteiger partial charge on any atom is -0.345 e. The monoisotopic (exact) mass is 381 g/mol. The van der Waals surface area contributed by atoms with Crippen molar-refractivity contribution in [1.29, 1.82) is 0 Å². The van der Waals surface area contributed by atoms with Gasteiger partial charge in [0.25, 0.3) is 5.91 Å². The van der Waals surface area contributed by atoms with Crippen molar-refractivity contribution in [2.75, 3.05) is 0 Å². The quantitative estimate of drug-likeness (QED) is 0.634. The Labute approximate surface area is 167 Å². The summed E-state index contributed by atoms with van der Waals surface area (Å²) in [7, 11) is 0. The van der Waals surface area contributed by atoms with Gasteiger partial charge in [0.15, 0.2) is 0 Å². The molecule has 2 rings (SSSR count). The Morgan fingerprint density at radius 1 is 0.857 bits per heavy atom. The normalized spacial score (nSPS) is 11.9. The summed E-state index contributed by atoms with van der Waals surface area (Å²) < 4.78 is 0. The fourth-order valence-corrected chi connectivity index (χ4v) is 2.95. The first kappa shape index (κ1) is 21.5. The molecule has 150 valence electrons. The molecule has 0 saturated heterocycles. The van der Waals surface area contributed by atoms with E-state index < -0.39 is 0 Å². The second-order valence-corrected chi connectivity index (χ2v) is 7.74. The number of carbonyl (C=O) groups excluding carboxylic acids is 2. The van der Waals surface area contributed by atoms with Crippen LogP contribution in [0.5, 0.6) is 0 Å². The molecule has 3 amide bonds. The highest BCUT2D eigenvalue weighted by Crippen LogP contribution is 2.21. The molecular formula is C23H31N3O2. The number of amides is 3. The van der Waals surface area contributed by atoms with Crippen molar-refractivity contribution in [3.63, 3.8) is 0 Å². The van der Waals surface area contributed by atoms with Crippen LogP contribution in [0.15, 0.2) is 54.6 Å². The summed E-state index contributed by atoms with van der Waals surface area (Å²) in [4.78, 5) is 24.4. The summed E-state index contributed by atoms with van der Waals surface area (Å²) in [5.74, 6) is 0.377. The van der Waals surface area contributed by atoms with E-state index in [-0.39, 0.29) is 24.0 Å². The summed E-state index contributed by atoms with van der Waals surface area (Å²) >= 11 is 0. The van der Waals surface area contributed by atoms with Crippen molar-refractivity contribution < 1.29 is 9.59 Å². The van der Waals surface area contributed by atoms with Crippen molar-refractivity contribution in [3.8, 4) is 0 Å². The van der Waals surface area contributed by atoms with Gasteiger partial charge in [0.1, 0.15) is 0 Å². The van der Waals surface area contributed by atoms with E-state index >= 15 is 0 Å². The molecule has 28 heavy (non-hydrogen) atoms. The molecule has 5 nitrogen and oxygen atoms in total. The third kappa shape index (κ3) is 7.06. The van der Waals surface area contributed by atoms with E-state index in [9.17, 15) is 9.59 Å². The number of nitrogens with one attached hydrogen (secondary N) is 3. The lowest BCUT2D eigenvalue weighted by atomic mass is 9.96. The Hall–Kier alpha value is -2.82. The van der Waals surface area contributed by atoms with Gasteiger partial charge in [-0.05, 0) is 49.4 Å². The molecule has 0 fully saturated rings. The van der Waals surface area contributed by atoms with Gasteiger partial charge < -0.3 is 16.0 Å². The number of hydrogen-bond acceptors (Lipinski definition) is 2. The lowest BCUT2D eigenvalue weighted by Gasteiger charge is -2.21. The first-order chi connectivity index (χ1) is 13.3. The zero-order valence-electron chi connectivity index (χ0n) is 17.2. The van der Waals surface area contributed by atoms with E-state index in [1.807, 2.05) is 56.3 Å². The molecule has 5 heteroatoms. The molecule has 0 aliphatic rings. The molecule has 0 aliphatic carbocycles. The molecule has 2 aromatic rings. The smallest absolute Gasteiger partial charge is 0.315 e. The molecule has 0 aliphatic heterocycles. The second-order valence-electron chi connectivity index (χ2n) is 7.74. The molecule has 2 aromatic carbocycles. The van der Waals surface area contributed by atoms with Crippen molar-refractivity contribution in [3.05, 3.63) is 71.3 Å². The summed E-state index contributed by atoms with van der Waals surface area (Å²) in [5.41, 5.74) is 2.67. The predicted molar refractivity (Wildman–Crippen MR) is 113 cm³/mol. The molecule has 1 atom stereocenters. The molecule has 0 spiro atoms. The zero-order valence-corrected chi connectivity index (χ0v) is 17.2. The van der Waals surface area contributed by atoms with Crippen molar-refractivity contribution >= 4 is 11.9 Å². The van der Waals surface area contributed by atoms with Crippen LogP contribution in [0, 0.1) is 5.92 Å². The molecular weight excluding hydrogens is 350 g/mol. The van der Waals surface area contributed by atoms with Crippen molar-refractivity contribution in [1.82, 2.24) is 16.0 Å². The fourth-order valence-electron chi connectivity index (χ4n) is 2.95. The Balaban J connectivity index is 1.98. The maximum atomic E-state index is 12.7. The Morgan fingerprint density at radius 3 is 2.07 bits per heavy atom. The molecule has 3 N–H and O–H groups in total. The maximum absolute atomic E-state index is 12.7. The zero-order chi connectivity index (χ0) is 20.5. The summed E-state index contributed by atoms with van der Waals surface area (Å²) in [5, 5.41) is 8.74. The van der Waals surface area contributed by atoms with E-state index in [0.717, 1.165) is 17.5 Å². The topological polar surface area (TPSA) is 70.2 Å². The SMILES string of the molecule is CC(C)CC(NC(=O)c1ccc(CNC(=O)NC(C)C)cc1)c1ccccc1. The van der Waals surface area contributed by atoms with Crippen LogP contribution >= 0.6 is 0 Å². The van der Waals surface area contributed by atoms with Crippen LogP contribution in [0.3, 0.4) is 0 Å². The second kappa shape index (κ2) is 10.5. The van der Waals surface area contributed by atoms with Gasteiger partial charge in [-0.25, -0.2) is 4.79 Å². The highest BCUT2D eigenvalue weighted by atomic mass is 16.2. The number of carbonyl (C=O) groups is 2.